The Bertz CT molecular complexity index is 637. The summed E-state index contributed by atoms with van der Waals surface area (Å²) in [6.45, 7) is 10.6. The summed E-state index contributed by atoms with van der Waals surface area (Å²) in [6, 6.07) is 7.66. The molecule has 1 heterocycles. The van der Waals surface area contributed by atoms with Crippen LogP contribution < -0.4 is 4.74 Å². The molecule has 5 nitrogen and oxygen atoms in total. The molecule has 0 saturated heterocycles. The maximum atomic E-state index is 13.3. The first kappa shape index (κ1) is 19.3. The largest absolute Gasteiger partial charge is 0.497 e. The lowest BCUT2D eigenvalue weighted by atomic mass is 9.83. The number of benzene rings is 1. The quantitative estimate of drug-likeness (QED) is 0.820. The molecule has 2 atom stereocenters. The topological polar surface area (TPSA) is 51.1 Å². The van der Waals surface area contributed by atoms with Gasteiger partial charge in [0.25, 0.3) is 5.91 Å². The van der Waals surface area contributed by atoms with Crippen molar-refractivity contribution in [1.82, 2.24) is 4.90 Å². The molecule has 0 saturated carbocycles. The molecule has 5 heteroatoms. The van der Waals surface area contributed by atoms with E-state index in [9.17, 15) is 4.79 Å². The highest BCUT2D eigenvalue weighted by atomic mass is 16.5. The van der Waals surface area contributed by atoms with E-state index in [0.29, 0.717) is 12.4 Å². The number of methoxy groups -OCH3 is 2. The second-order valence-electron chi connectivity index (χ2n) is 7.43. The Morgan fingerprint density at radius 1 is 1.12 bits per heavy atom. The van der Waals surface area contributed by atoms with E-state index in [1.807, 2.05) is 49.9 Å². The molecule has 0 bridgehead atoms. The Morgan fingerprint density at radius 3 is 2.16 bits per heavy atom. The van der Waals surface area contributed by atoms with Gasteiger partial charge in [-0.1, -0.05) is 39.8 Å². The second kappa shape index (κ2) is 7.46. The molecular formula is C20H30N2O3. The van der Waals surface area contributed by atoms with Gasteiger partial charge in [0.05, 0.1) is 14.2 Å². The van der Waals surface area contributed by atoms with Gasteiger partial charge in [-0.3, -0.25) is 4.79 Å². The van der Waals surface area contributed by atoms with Gasteiger partial charge in [0.2, 0.25) is 5.90 Å². The fraction of sp³-hybridized carbons (Fsp3) is 0.600. The highest BCUT2D eigenvalue weighted by molar-refractivity contribution is 5.98. The third-order valence-electron chi connectivity index (χ3n) is 5.10. The fourth-order valence-electron chi connectivity index (χ4n) is 3.18. The molecule has 0 fully saturated rings. The minimum absolute atomic E-state index is 0.0535. The van der Waals surface area contributed by atoms with Crippen LogP contribution >= 0.6 is 0 Å². The minimum atomic E-state index is -0.802. The van der Waals surface area contributed by atoms with E-state index in [1.54, 1.807) is 14.2 Å². The Morgan fingerprint density at radius 2 is 1.72 bits per heavy atom. The third-order valence-corrected chi connectivity index (χ3v) is 5.10. The number of ether oxygens (including phenoxy) is 2. The first-order valence-electron chi connectivity index (χ1n) is 8.82. The second-order valence-corrected chi connectivity index (χ2v) is 7.43. The molecule has 0 unspecified atom stereocenters. The number of amides is 1. The Labute approximate surface area is 151 Å². The van der Waals surface area contributed by atoms with Crippen molar-refractivity contribution in [3.63, 3.8) is 0 Å². The van der Waals surface area contributed by atoms with Gasteiger partial charge in [-0.15, -0.1) is 0 Å². The molecule has 1 amide bonds. The van der Waals surface area contributed by atoms with Crippen LogP contribution in [0.3, 0.4) is 0 Å². The first-order valence-corrected chi connectivity index (χ1v) is 8.82. The minimum Gasteiger partial charge on any atom is -0.497 e. The van der Waals surface area contributed by atoms with Gasteiger partial charge in [0.1, 0.15) is 17.3 Å². The number of carbonyl (C=O) groups is 1. The zero-order valence-corrected chi connectivity index (χ0v) is 16.4. The van der Waals surface area contributed by atoms with E-state index in [1.165, 1.54) is 0 Å². The van der Waals surface area contributed by atoms with Gasteiger partial charge in [0.15, 0.2) is 0 Å². The molecule has 1 aliphatic rings. The van der Waals surface area contributed by atoms with Gasteiger partial charge in [-0.25, -0.2) is 4.99 Å². The lowest BCUT2D eigenvalue weighted by Crippen LogP contribution is -2.61. The van der Waals surface area contributed by atoms with Crippen molar-refractivity contribution in [3.8, 4) is 5.75 Å². The normalized spacial score (nSPS) is 23.9. The summed E-state index contributed by atoms with van der Waals surface area (Å²) in [5.74, 6) is 1.78. The molecule has 0 spiro atoms. The van der Waals surface area contributed by atoms with E-state index in [0.717, 1.165) is 11.3 Å². The highest BCUT2D eigenvalue weighted by Crippen LogP contribution is 2.33. The fourth-order valence-corrected chi connectivity index (χ4v) is 3.18. The van der Waals surface area contributed by atoms with Crippen molar-refractivity contribution in [3.05, 3.63) is 29.8 Å². The highest BCUT2D eigenvalue weighted by Gasteiger charge is 2.48. The number of hydrogen-bond donors (Lipinski definition) is 0. The van der Waals surface area contributed by atoms with Gasteiger partial charge in [-0.05, 0) is 36.5 Å². The predicted molar refractivity (Wildman–Crippen MR) is 99.9 cm³/mol. The van der Waals surface area contributed by atoms with Gasteiger partial charge >= 0.3 is 0 Å². The first-order chi connectivity index (χ1) is 11.7. The van der Waals surface area contributed by atoms with Gasteiger partial charge < -0.3 is 14.4 Å². The molecule has 1 aromatic carbocycles. The lowest BCUT2D eigenvalue weighted by Gasteiger charge is -2.45. The van der Waals surface area contributed by atoms with E-state index >= 15 is 0 Å². The van der Waals surface area contributed by atoms with E-state index in [-0.39, 0.29) is 23.8 Å². The van der Waals surface area contributed by atoms with Crippen molar-refractivity contribution in [2.75, 3.05) is 14.2 Å². The van der Waals surface area contributed by atoms with Gasteiger partial charge in [0, 0.05) is 6.54 Å². The lowest BCUT2D eigenvalue weighted by molar-refractivity contribution is -0.142. The van der Waals surface area contributed by atoms with Crippen LogP contribution in [0.1, 0.15) is 40.2 Å². The summed E-state index contributed by atoms with van der Waals surface area (Å²) >= 11 is 0. The molecule has 1 aromatic rings. The molecule has 25 heavy (non-hydrogen) atoms. The molecule has 0 N–H and O–H groups in total. The molecule has 138 valence electrons. The standard InChI is InChI=1S/C20H30N2O3/c1-13(2)17-18(25-7)21-20(5,14(3)4)19(23)22(17)12-15-8-10-16(24-6)11-9-15/h8-11,13-14,17H,12H2,1-7H3/t17-,20+/m0/s1. The molecular weight excluding hydrogens is 316 g/mol. The third kappa shape index (κ3) is 3.65. The molecule has 2 rings (SSSR count). The maximum absolute atomic E-state index is 13.3. The van der Waals surface area contributed by atoms with Crippen molar-refractivity contribution < 1.29 is 14.3 Å². The molecule has 0 radical (unpaired) electrons. The Balaban J connectivity index is 2.43. The number of carbonyl (C=O) groups excluding carboxylic acids is 1. The van der Waals surface area contributed by atoms with E-state index in [4.69, 9.17) is 14.5 Å². The summed E-state index contributed by atoms with van der Waals surface area (Å²) in [4.78, 5) is 20.0. The number of rotatable bonds is 5. The average Bonchev–Trinajstić information content (AvgIpc) is 2.58. The summed E-state index contributed by atoms with van der Waals surface area (Å²) < 4.78 is 10.8. The average molecular weight is 346 g/mol. The summed E-state index contributed by atoms with van der Waals surface area (Å²) in [6.07, 6.45) is 0. The number of nitrogens with zero attached hydrogens (tertiary/aromatic N) is 2. The zero-order chi connectivity index (χ0) is 18.8. The maximum Gasteiger partial charge on any atom is 0.251 e. The van der Waals surface area contributed by atoms with Crippen molar-refractivity contribution >= 4 is 11.8 Å². The molecule has 0 aliphatic carbocycles. The Hall–Kier alpha value is -2.04. The SMILES string of the molecule is COC1=N[C@](C)(C(C)C)C(=O)N(Cc2ccc(OC)cc2)[C@H]1C(C)C. The number of aliphatic imine (C=N–C) groups is 1. The van der Waals surface area contributed by atoms with Crippen molar-refractivity contribution in [2.45, 2.75) is 52.7 Å². The van der Waals surface area contributed by atoms with E-state index < -0.39 is 5.54 Å². The van der Waals surface area contributed by atoms with Crippen LogP contribution in [-0.4, -0.2) is 42.5 Å². The smallest absolute Gasteiger partial charge is 0.251 e. The van der Waals surface area contributed by atoms with Gasteiger partial charge in [-0.2, -0.15) is 0 Å². The molecule has 0 aromatic heterocycles. The van der Waals surface area contributed by atoms with Crippen LogP contribution in [0.15, 0.2) is 29.3 Å². The van der Waals surface area contributed by atoms with Crippen LogP contribution in [0.25, 0.3) is 0 Å². The van der Waals surface area contributed by atoms with Crippen LogP contribution in [0.5, 0.6) is 5.75 Å². The van der Waals surface area contributed by atoms with Crippen molar-refractivity contribution in [1.29, 1.82) is 0 Å². The summed E-state index contributed by atoms with van der Waals surface area (Å²) in [5.41, 5.74) is 0.256. The van der Waals surface area contributed by atoms with E-state index in [2.05, 4.69) is 13.8 Å². The van der Waals surface area contributed by atoms with Crippen LogP contribution in [-0.2, 0) is 16.1 Å². The van der Waals surface area contributed by atoms with Crippen LogP contribution in [0, 0.1) is 11.8 Å². The monoisotopic (exact) mass is 346 g/mol. The van der Waals surface area contributed by atoms with Crippen LogP contribution in [0.2, 0.25) is 0 Å². The summed E-state index contributed by atoms with van der Waals surface area (Å²) in [7, 11) is 3.28. The predicted octanol–water partition coefficient (Wildman–Crippen LogP) is 3.52. The summed E-state index contributed by atoms with van der Waals surface area (Å²) in [5, 5.41) is 0. The Kier molecular flexibility index (Phi) is 5.76. The molecule has 1 aliphatic heterocycles. The van der Waals surface area contributed by atoms with Crippen LogP contribution in [0.4, 0.5) is 0 Å². The zero-order valence-electron chi connectivity index (χ0n) is 16.4. The number of hydrogen-bond acceptors (Lipinski definition) is 4. The van der Waals surface area contributed by atoms with Crippen molar-refractivity contribution in [2.24, 2.45) is 16.8 Å².